The summed E-state index contributed by atoms with van der Waals surface area (Å²) >= 11 is 5.12. The smallest absolute Gasteiger partial charge is 0.166 e. The Kier molecular flexibility index (Phi) is 5.10. The Balaban J connectivity index is 2.33. The number of nitrogens with one attached hydrogen (secondary N) is 2. The minimum atomic E-state index is 0.709. The molecule has 1 aromatic rings. The van der Waals surface area contributed by atoms with E-state index in [1.165, 1.54) is 0 Å². The molecule has 0 fully saturated rings. The van der Waals surface area contributed by atoms with Gasteiger partial charge in [0, 0.05) is 19.3 Å². The summed E-state index contributed by atoms with van der Waals surface area (Å²) in [7, 11) is 0. The monoisotopic (exact) mass is 226 g/mol. The summed E-state index contributed by atoms with van der Waals surface area (Å²) in [4.78, 5) is 0. The molecule has 84 valence electrons. The zero-order valence-corrected chi connectivity index (χ0v) is 10.1. The van der Waals surface area contributed by atoms with Gasteiger partial charge in [0.1, 0.15) is 0 Å². The van der Waals surface area contributed by atoms with E-state index < -0.39 is 0 Å². The first-order chi connectivity index (χ1) is 7.27. The van der Waals surface area contributed by atoms with E-state index in [-0.39, 0.29) is 0 Å². The predicted octanol–water partition coefficient (Wildman–Crippen LogP) is 1.28. The number of aryl methyl sites for hydroxylation is 1. The third kappa shape index (κ3) is 3.87. The van der Waals surface area contributed by atoms with Crippen molar-refractivity contribution in [1.29, 1.82) is 0 Å². The van der Waals surface area contributed by atoms with Crippen LogP contribution in [0.3, 0.4) is 0 Å². The second kappa shape index (κ2) is 6.40. The molecular formula is C10H18N4S. The fourth-order valence-corrected chi connectivity index (χ4v) is 1.44. The van der Waals surface area contributed by atoms with E-state index in [0.29, 0.717) is 5.11 Å². The van der Waals surface area contributed by atoms with E-state index in [2.05, 4.69) is 29.6 Å². The average molecular weight is 226 g/mol. The van der Waals surface area contributed by atoms with Gasteiger partial charge in [-0.1, -0.05) is 6.92 Å². The van der Waals surface area contributed by atoms with Gasteiger partial charge in [0.2, 0.25) is 0 Å². The maximum absolute atomic E-state index is 5.12. The normalized spacial score (nSPS) is 10.0. The van der Waals surface area contributed by atoms with Crippen molar-refractivity contribution in [2.45, 2.75) is 33.4 Å². The Morgan fingerprint density at radius 2 is 2.27 bits per heavy atom. The Labute approximate surface area is 96.1 Å². The lowest BCUT2D eigenvalue weighted by molar-refractivity contribution is 0.611. The van der Waals surface area contributed by atoms with Crippen LogP contribution in [0.1, 0.15) is 26.0 Å². The van der Waals surface area contributed by atoms with Gasteiger partial charge in [-0.2, -0.15) is 5.10 Å². The van der Waals surface area contributed by atoms with Crippen molar-refractivity contribution < 1.29 is 0 Å². The number of aromatic nitrogens is 2. The summed E-state index contributed by atoms with van der Waals surface area (Å²) in [6, 6.07) is 2.00. The summed E-state index contributed by atoms with van der Waals surface area (Å²) in [5.41, 5.74) is 1.15. The highest BCUT2D eigenvalue weighted by Gasteiger charge is 2.00. The van der Waals surface area contributed by atoms with Crippen molar-refractivity contribution >= 4 is 17.3 Å². The Morgan fingerprint density at radius 3 is 2.93 bits per heavy atom. The molecule has 0 radical (unpaired) electrons. The minimum absolute atomic E-state index is 0.709. The first kappa shape index (κ1) is 12.0. The molecule has 0 aliphatic heterocycles. The summed E-state index contributed by atoms with van der Waals surface area (Å²) in [6.45, 7) is 6.72. The zero-order valence-electron chi connectivity index (χ0n) is 9.29. The lowest BCUT2D eigenvalue weighted by Gasteiger charge is -2.10. The molecule has 1 rings (SSSR count). The van der Waals surface area contributed by atoms with Crippen LogP contribution in [0.2, 0.25) is 0 Å². The summed E-state index contributed by atoms with van der Waals surface area (Å²) < 4.78 is 1.95. The van der Waals surface area contributed by atoms with Gasteiger partial charge < -0.3 is 10.6 Å². The van der Waals surface area contributed by atoms with Crippen molar-refractivity contribution in [2.75, 3.05) is 6.54 Å². The molecule has 0 spiro atoms. The second-order valence-corrected chi connectivity index (χ2v) is 3.66. The molecule has 0 aromatic carbocycles. The fraction of sp³-hybridized carbons (Fsp3) is 0.600. The van der Waals surface area contributed by atoms with Crippen molar-refractivity contribution in [3.8, 4) is 0 Å². The number of nitrogens with zero attached hydrogens (tertiary/aromatic N) is 2. The predicted molar refractivity (Wildman–Crippen MR) is 65.6 cm³/mol. The van der Waals surface area contributed by atoms with E-state index in [9.17, 15) is 0 Å². The van der Waals surface area contributed by atoms with E-state index in [0.717, 1.165) is 31.7 Å². The molecule has 0 unspecified atom stereocenters. The Hall–Kier alpha value is -1.10. The maximum atomic E-state index is 5.12. The molecule has 0 saturated heterocycles. The van der Waals surface area contributed by atoms with Crippen molar-refractivity contribution in [3.63, 3.8) is 0 Å². The van der Waals surface area contributed by atoms with Crippen LogP contribution in [0.15, 0.2) is 12.3 Å². The number of rotatable bonds is 5. The number of hydrogen-bond donors (Lipinski definition) is 2. The molecule has 0 aliphatic rings. The first-order valence-electron chi connectivity index (χ1n) is 5.30. The van der Waals surface area contributed by atoms with Gasteiger partial charge in [0.25, 0.3) is 0 Å². The molecule has 15 heavy (non-hydrogen) atoms. The molecule has 0 bridgehead atoms. The largest absolute Gasteiger partial charge is 0.363 e. The SMILES string of the molecule is CCCNC(=S)NCc1ccnn1CC. The summed E-state index contributed by atoms with van der Waals surface area (Å²) in [6.07, 6.45) is 2.89. The highest BCUT2D eigenvalue weighted by Crippen LogP contribution is 1.97. The van der Waals surface area contributed by atoms with Crippen molar-refractivity contribution in [1.82, 2.24) is 20.4 Å². The zero-order chi connectivity index (χ0) is 11.1. The minimum Gasteiger partial charge on any atom is -0.363 e. The van der Waals surface area contributed by atoms with Crippen LogP contribution < -0.4 is 10.6 Å². The topological polar surface area (TPSA) is 41.9 Å². The highest BCUT2D eigenvalue weighted by atomic mass is 32.1. The lowest BCUT2D eigenvalue weighted by Crippen LogP contribution is -2.35. The van der Waals surface area contributed by atoms with Gasteiger partial charge >= 0.3 is 0 Å². The molecule has 0 aliphatic carbocycles. The molecule has 1 heterocycles. The molecular weight excluding hydrogens is 208 g/mol. The molecule has 0 saturated carbocycles. The standard InChI is InChI=1S/C10H18N4S/c1-3-6-11-10(15)12-8-9-5-7-13-14(9)4-2/h5,7H,3-4,6,8H2,1-2H3,(H2,11,12,15). The van der Waals surface area contributed by atoms with E-state index in [1.807, 2.05) is 16.9 Å². The van der Waals surface area contributed by atoms with Crippen LogP contribution in [-0.2, 0) is 13.1 Å². The van der Waals surface area contributed by atoms with Crippen LogP contribution in [0.5, 0.6) is 0 Å². The van der Waals surface area contributed by atoms with E-state index in [1.54, 1.807) is 0 Å². The Bertz CT molecular complexity index is 308. The quantitative estimate of drug-likeness (QED) is 0.742. The van der Waals surface area contributed by atoms with Gasteiger partial charge in [-0.15, -0.1) is 0 Å². The molecule has 4 nitrogen and oxygen atoms in total. The summed E-state index contributed by atoms with van der Waals surface area (Å²) in [5.74, 6) is 0. The third-order valence-electron chi connectivity index (χ3n) is 2.07. The van der Waals surface area contributed by atoms with Gasteiger partial charge in [0.15, 0.2) is 5.11 Å². The first-order valence-corrected chi connectivity index (χ1v) is 5.71. The highest BCUT2D eigenvalue weighted by molar-refractivity contribution is 7.80. The number of thiocarbonyl (C=S) groups is 1. The average Bonchev–Trinajstić information content (AvgIpc) is 2.70. The number of hydrogen-bond acceptors (Lipinski definition) is 2. The Morgan fingerprint density at radius 1 is 1.47 bits per heavy atom. The van der Waals surface area contributed by atoms with Crippen LogP contribution in [0, 0.1) is 0 Å². The molecule has 0 amide bonds. The molecule has 1 aromatic heterocycles. The fourth-order valence-electron chi connectivity index (χ4n) is 1.27. The third-order valence-corrected chi connectivity index (χ3v) is 2.36. The van der Waals surface area contributed by atoms with Gasteiger partial charge in [-0.3, -0.25) is 4.68 Å². The van der Waals surface area contributed by atoms with E-state index >= 15 is 0 Å². The molecule has 2 N–H and O–H groups in total. The van der Waals surface area contributed by atoms with Crippen LogP contribution >= 0.6 is 12.2 Å². The van der Waals surface area contributed by atoms with Crippen LogP contribution in [-0.4, -0.2) is 21.4 Å². The van der Waals surface area contributed by atoms with Crippen LogP contribution in [0.4, 0.5) is 0 Å². The molecule has 0 atom stereocenters. The summed E-state index contributed by atoms with van der Waals surface area (Å²) in [5, 5.41) is 11.2. The van der Waals surface area contributed by atoms with Crippen molar-refractivity contribution in [3.05, 3.63) is 18.0 Å². The lowest BCUT2D eigenvalue weighted by atomic mass is 10.4. The van der Waals surface area contributed by atoms with Gasteiger partial charge in [0.05, 0.1) is 12.2 Å². The maximum Gasteiger partial charge on any atom is 0.166 e. The molecule has 5 heteroatoms. The van der Waals surface area contributed by atoms with Gasteiger partial charge in [-0.25, -0.2) is 0 Å². The van der Waals surface area contributed by atoms with Crippen LogP contribution in [0.25, 0.3) is 0 Å². The van der Waals surface area contributed by atoms with Crippen molar-refractivity contribution in [2.24, 2.45) is 0 Å². The second-order valence-electron chi connectivity index (χ2n) is 3.25. The van der Waals surface area contributed by atoms with Gasteiger partial charge in [-0.05, 0) is 31.6 Å². The van der Waals surface area contributed by atoms with E-state index in [4.69, 9.17) is 12.2 Å².